The number of hydrogen-bond acceptors (Lipinski definition) is 2. The maximum Gasteiger partial charge on any atom is 0.230 e. The van der Waals surface area contributed by atoms with Gasteiger partial charge in [0, 0.05) is 10.8 Å². The number of thioether (sulfide) groups is 1. The molecule has 4 heteroatoms. The molecule has 1 amide bonds. The lowest BCUT2D eigenvalue weighted by atomic mass is 9.89. The van der Waals surface area contributed by atoms with E-state index in [1.807, 2.05) is 24.3 Å². The van der Waals surface area contributed by atoms with E-state index in [0.29, 0.717) is 5.75 Å². The molecule has 0 aliphatic heterocycles. The van der Waals surface area contributed by atoms with Gasteiger partial charge in [0.1, 0.15) is 0 Å². The lowest BCUT2D eigenvalue weighted by Crippen LogP contribution is -2.29. The Balaban J connectivity index is 1.52. The number of aryl methyl sites for hydroxylation is 2. The maximum atomic E-state index is 12.4. The second kappa shape index (κ2) is 9.48. The normalized spacial score (nSPS) is 14.5. The molecule has 1 aliphatic carbocycles. The van der Waals surface area contributed by atoms with E-state index in [2.05, 4.69) is 30.4 Å². The topological polar surface area (TPSA) is 29.1 Å². The summed E-state index contributed by atoms with van der Waals surface area (Å²) in [6.45, 7) is 2.13. The minimum Gasteiger partial charge on any atom is -0.349 e. The van der Waals surface area contributed by atoms with Crippen LogP contribution in [-0.2, 0) is 23.4 Å². The van der Waals surface area contributed by atoms with Crippen molar-refractivity contribution >= 4 is 29.3 Å². The highest BCUT2D eigenvalue weighted by atomic mass is 35.5. The van der Waals surface area contributed by atoms with Gasteiger partial charge in [0.25, 0.3) is 0 Å². The molecular formula is C22H26ClNOS. The van der Waals surface area contributed by atoms with Gasteiger partial charge in [-0.3, -0.25) is 4.79 Å². The average Bonchev–Trinajstić information content (AvgIpc) is 2.67. The molecule has 0 aromatic heterocycles. The Kier molecular flexibility index (Phi) is 7.04. The van der Waals surface area contributed by atoms with Gasteiger partial charge in [0.05, 0.1) is 11.8 Å². The van der Waals surface area contributed by atoms with Crippen LogP contribution >= 0.6 is 23.4 Å². The van der Waals surface area contributed by atoms with Crippen LogP contribution in [0.5, 0.6) is 0 Å². The molecule has 1 unspecified atom stereocenters. The smallest absolute Gasteiger partial charge is 0.230 e. The van der Waals surface area contributed by atoms with Crippen LogP contribution in [0, 0.1) is 0 Å². The first kappa shape index (κ1) is 19.3. The number of benzene rings is 2. The number of rotatable bonds is 7. The average molecular weight is 388 g/mol. The zero-order chi connectivity index (χ0) is 18.4. The summed E-state index contributed by atoms with van der Waals surface area (Å²) >= 11 is 7.54. The second-order valence-electron chi connectivity index (χ2n) is 6.88. The highest BCUT2D eigenvalue weighted by molar-refractivity contribution is 7.99. The Hall–Kier alpha value is -1.45. The Morgan fingerprint density at radius 1 is 1.12 bits per heavy atom. The molecule has 0 saturated heterocycles. The van der Waals surface area contributed by atoms with Gasteiger partial charge in [-0.25, -0.2) is 0 Å². The first-order chi connectivity index (χ1) is 12.7. The Labute approximate surface area is 165 Å². The third-order valence-corrected chi connectivity index (χ3v) is 6.19. The fraction of sp³-hybridized carbons (Fsp3) is 0.409. The van der Waals surface area contributed by atoms with E-state index in [4.69, 9.17) is 11.6 Å². The van der Waals surface area contributed by atoms with Gasteiger partial charge >= 0.3 is 0 Å². The van der Waals surface area contributed by atoms with Crippen molar-refractivity contribution in [2.24, 2.45) is 0 Å². The van der Waals surface area contributed by atoms with Crippen molar-refractivity contribution < 1.29 is 4.79 Å². The number of halogens is 1. The fourth-order valence-electron chi connectivity index (χ4n) is 3.47. The Bertz CT molecular complexity index is 744. The summed E-state index contributed by atoms with van der Waals surface area (Å²) in [6.07, 6.45) is 5.85. The summed E-state index contributed by atoms with van der Waals surface area (Å²) < 4.78 is 0. The van der Waals surface area contributed by atoms with Crippen molar-refractivity contribution in [3.05, 3.63) is 69.7 Å². The summed E-state index contributed by atoms with van der Waals surface area (Å²) in [5.41, 5.74) is 5.39. The summed E-state index contributed by atoms with van der Waals surface area (Å²) in [4.78, 5) is 12.4. The summed E-state index contributed by atoms with van der Waals surface area (Å²) in [7, 11) is 0. The quantitative estimate of drug-likeness (QED) is 0.658. The molecule has 0 spiro atoms. The first-order valence-corrected chi connectivity index (χ1v) is 10.9. The van der Waals surface area contributed by atoms with Crippen molar-refractivity contribution in [2.75, 3.05) is 5.75 Å². The van der Waals surface area contributed by atoms with Gasteiger partial charge in [0.2, 0.25) is 5.91 Å². The monoisotopic (exact) mass is 387 g/mol. The highest BCUT2D eigenvalue weighted by Gasteiger charge is 2.16. The number of amides is 1. The van der Waals surface area contributed by atoms with Gasteiger partial charge in [0.15, 0.2) is 0 Å². The molecule has 138 valence electrons. The van der Waals surface area contributed by atoms with Crippen molar-refractivity contribution in [2.45, 2.75) is 50.8 Å². The summed E-state index contributed by atoms with van der Waals surface area (Å²) in [6, 6.07) is 14.7. The Morgan fingerprint density at radius 2 is 1.85 bits per heavy atom. The third-order valence-electron chi connectivity index (χ3n) is 4.93. The lowest BCUT2D eigenvalue weighted by molar-refractivity contribution is -0.119. The lowest BCUT2D eigenvalue weighted by Gasteiger charge is -2.21. The predicted molar refractivity (Wildman–Crippen MR) is 112 cm³/mol. The van der Waals surface area contributed by atoms with E-state index >= 15 is 0 Å². The van der Waals surface area contributed by atoms with Crippen LogP contribution in [-0.4, -0.2) is 11.7 Å². The number of fused-ring (bicyclic) bond motifs is 1. The van der Waals surface area contributed by atoms with Crippen LogP contribution in [0.1, 0.15) is 54.5 Å². The zero-order valence-electron chi connectivity index (χ0n) is 15.3. The molecular weight excluding hydrogens is 362 g/mol. The fourth-order valence-corrected chi connectivity index (χ4v) is 4.39. The van der Waals surface area contributed by atoms with Crippen LogP contribution in [0.4, 0.5) is 0 Å². The largest absolute Gasteiger partial charge is 0.349 e. The zero-order valence-corrected chi connectivity index (χ0v) is 16.8. The van der Waals surface area contributed by atoms with Crippen molar-refractivity contribution in [1.29, 1.82) is 0 Å². The van der Waals surface area contributed by atoms with Gasteiger partial charge in [-0.1, -0.05) is 48.9 Å². The third kappa shape index (κ3) is 5.28. The minimum atomic E-state index is 0.103. The molecule has 1 atom stereocenters. The maximum absolute atomic E-state index is 12.4. The molecule has 2 aromatic carbocycles. The molecule has 0 heterocycles. The van der Waals surface area contributed by atoms with Crippen molar-refractivity contribution in [1.82, 2.24) is 5.32 Å². The van der Waals surface area contributed by atoms with Gasteiger partial charge in [-0.05, 0) is 66.5 Å². The second-order valence-corrected chi connectivity index (χ2v) is 8.30. The van der Waals surface area contributed by atoms with Gasteiger partial charge in [-0.2, -0.15) is 0 Å². The van der Waals surface area contributed by atoms with E-state index < -0.39 is 0 Å². The first-order valence-electron chi connectivity index (χ1n) is 9.39. The molecule has 0 saturated carbocycles. The molecule has 2 nitrogen and oxygen atoms in total. The van der Waals surface area contributed by atoms with Crippen LogP contribution < -0.4 is 5.32 Å². The molecule has 0 fully saturated rings. The molecule has 1 N–H and O–H groups in total. The standard InChI is InChI=1S/C22H26ClNOS/c1-2-21(19-10-9-17-5-3-4-6-18(17)13-19)24-22(25)15-26-14-16-7-11-20(23)12-8-16/h7-13,21H,2-6,14-15H2,1H3,(H,24,25). The molecule has 26 heavy (non-hydrogen) atoms. The highest BCUT2D eigenvalue weighted by Crippen LogP contribution is 2.26. The number of hydrogen-bond donors (Lipinski definition) is 1. The van der Waals surface area contributed by atoms with Gasteiger partial charge < -0.3 is 5.32 Å². The predicted octanol–water partition coefficient (Wildman–Crippen LogP) is 5.72. The molecule has 3 rings (SSSR count). The SMILES string of the molecule is CCC(NC(=O)CSCc1ccc(Cl)cc1)c1ccc2c(c1)CCCC2. The van der Waals surface area contributed by atoms with Gasteiger partial charge in [-0.15, -0.1) is 11.8 Å². The minimum absolute atomic E-state index is 0.103. The van der Waals surface area contributed by atoms with E-state index in [1.54, 1.807) is 11.8 Å². The molecule has 0 bridgehead atoms. The van der Waals surface area contributed by atoms with Crippen LogP contribution in [0.25, 0.3) is 0 Å². The molecule has 2 aromatic rings. The molecule has 0 radical (unpaired) electrons. The Morgan fingerprint density at radius 3 is 2.58 bits per heavy atom. The van der Waals surface area contributed by atoms with Crippen molar-refractivity contribution in [3.63, 3.8) is 0 Å². The number of carbonyl (C=O) groups is 1. The van der Waals surface area contributed by atoms with E-state index in [0.717, 1.165) is 17.2 Å². The van der Waals surface area contributed by atoms with E-state index in [-0.39, 0.29) is 11.9 Å². The van der Waals surface area contributed by atoms with Crippen LogP contribution in [0.15, 0.2) is 42.5 Å². The summed E-state index contributed by atoms with van der Waals surface area (Å²) in [5, 5.41) is 3.95. The molecule has 1 aliphatic rings. The van der Waals surface area contributed by atoms with Crippen LogP contribution in [0.3, 0.4) is 0 Å². The van der Waals surface area contributed by atoms with Crippen molar-refractivity contribution in [3.8, 4) is 0 Å². The van der Waals surface area contributed by atoms with Crippen LogP contribution in [0.2, 0.25) is 5.02 Å². The van der Waals surface area contributed by atoms with E-state index in [1.165, 1.54) is 47.9 Å². The number of carbonyl (C=O) groups excluding carboxylic acids is 1. The number of nitrogens with one attached hydrogen (secondary N) is 1. The van der Waals surface area contributed by atoms with E-state index in [9.17, 15) is 4.79 Å². The summed E-state index contributed by atoms with van der Waals surface area (Å²) in [5.74, 6) is 1.40.